The van der Waals surface area contributed by atoms with Gasteiger partial charge in [-0.25, -0.2) is 0 Å². The van der Waals surface area contributed by atoms with Crippen molar-refractivity contribution in [3.8, 4) is 0 Å². The lowest BCUT2D eigenvalue weighted by atomic mass is 10.3. The molecule has 0 spiro atoms. The molecule has 0 aromatic rings. The lowest BCUT2D eigenvalue weighted by Gasteiger charge is -1.78. The van der Waals surface area contributed by atoms with Crippen LogP contribution in [0.5, 0.6) is 0 Å². The van der Waals surface area contributed by atoms with Gasteiger partial charge >= 0.3 is 0 Å². The van der Waals surface area contributed by atoms with Crippen LogP contribution in [0.1, 0.15) is 6.42 Å². The Hall–Kier alpha value is -1.26. The molecule has 0 fully saturated rings. The van der Waals surface area contributed by atoms with E-state index in [0.717, 1.165) is 6.42 Å². The predicted octanol–water partition coefficient (Wildman–Crippen LogP) is 2.77. The highest BCUT2D eigenvalue weighted by Gasteiger charge is 1.68. The van der Waals surface area contributed by atoms with Gasteiger partial charge in [-0.15, -0.1) is 5.73 Å². The summed E-state index contributed by atoms with van der Waals surface area (Å²) in [5.41, 5.74) is 3.03. The van der Waals surface area contributed by atoms with E-state index in [0.29, 0.717) is 0 Å². The molecule has 1 aliphatic rings. The summed E-state index contributed by atoms with van der Waals surface area (Å²) in [6.45, 7) is 0. The molecule has 0 nitrogen and oxygen atoms in total. The highest BCUT2D eigenvalue weighted by atomic mass is 13.7. The molecule has 50 valence electrons. The maximum absolute atomic E-state index is 3.03. The van der Waals surface area contributed by atoms with Gasteiger partial charge in [-0.05, 0) is 18.6 Å². The lowest BCUT2D eigenvalue weighted by molar-refractivity contribution is 1.40. The van der Waals surface area contributed by atoms with E-state index in [1.807, 2.05) is 42.5 Å². The SMILES string of the molecule is C1=CC=CC=CC=CCC=1. The average Bonchev–Trinajstić information content (AvgIpc) is 2.01. The van der Waals surface area contributed by atoms with Gasteiger partial charge in [0, 0.05) is 0 Å². The summed E-state index contributed by atoms with van der Waals surface area (Å²) in [6, 6.07) is 0. The zero-order chi connectivity index (χ0) is 7.07. The van der Waals surface area contributed by atoms with Crippen molar-refractivity contribution in [2.75, 3.05) is 0 Å². The molecule has 0 aromatic heterocycles. The molecule has 10 heavy (non-hydrogen) atoms. The molecule has 0 saturated heterocycles. The van der Waals surface area contributed by atoms with Crippen LogP contribution in [0, 0.1) is 0 Å². The third kappa shape index (κ3) is 2.91. The van der Waals surface area contributed by atoms with Crippen LogP contribution in [0.4, 0.5) is 0 Å². The van der Waals surface area contributed by atoms with Crippen LogP contribution < -0.4 is 0 Å². The summed E-state index contributed by atoms with van der Waals surface area (Å²) >= 11 is 0. The standard InChI is InChI=1S/C10H10/c1-2-4-6-8-10-9-7-5-3-1/h1-7,10H,8H2. The minimum absolute atomic E-state index is 0.967. The van der Waals surface area contributed by atoms with Crippen LogP contribution in [0.2, 0.25) is 0 Å². The zero-order valence-electron chi connectivity index (χ0n) is 5.83. The molecular formula is C10H10. The van der Waals surface area contributed by atoms with E-state index in [-0.39, 0.29) is 0 Å². The van der Waals surface area contributed by atoms with Crippen LogP contribution in [0.25, 0.3) is 0 Å². The number of allylic oxidation sites excluding steroid dienone is 7. The van der Waals surface area contributed by atoms with Gasteiger partial charge in [-0.2, -0.15) is 0 Å². The third-order valence-corrected chi connectivity index (χ3v) is 1.14. The fraction of sp³-hybridized carbons (Fsp3) is 0.100. The van der Waals surface area contributed by atoms with E-state index in [1.54, 1.807) is 0 Å². The summed E-state index contributed by atoms with van der Waals surface area (Å²) in [4.78, 5) is 0. The summed E-state index contributed by atoms with van der Waals surface area (Å²) in [7, 11) is 0. The van der Waals surface area contributed by atoms with Crippen LogP contribution in [-0.4, -0.2) is 0 Å². The van der Waals surface area contributed by atoms with E-state index >= 15 is 0 Å². The average molecular weight is 130 g/mol. The first kappa shape index (κ1) is 6.85. The van der Waals surface area contributed by atoms with Gasteiger partial charge in [-0.3, -0.25) is 0 Å². The molecule has 0 unspecified atom stereocenters. The fourth-order valence-electron chi connectivity index (χ4n) is 0.665. The first-order valence-corrected chi connectivity index (χ1v) is 3.39. The van der Waals surface area contributed by atoms with Crippen molar-refractivity contribution in [3.05, 3.63) is 54.3 Å². The van der Waals surface area contributed by atoms with Crippen LogP contribution >= 0.6 is 0 Å². The quantitative estimate of drug-likeness (QED) is 0.442. The fourth-order valence-corrected chi connectivity index (χ4v) is 0.665. The van der Waals surface area contributed by atoms with Gasteiger partial charge in [0.1, 0.15) is 0 Å². The molecule has 0 saturated carbocycles. The summed E-state index contributed by atoms with van der Waals surface area (Å²) in [5.74, 6) is 0. The first-order valence-electron chi connectivity index (χ1n) is 3.39. The Morgan fingerprint density at radius 2 is 1.70 bits per heavy atom. The Balaban J connectivity index is 2.70. The van der Waals surface area contributed by atoms with E-state index in [1.165, 1.54) is 0 Å². The number of hydrogen-bond acceptors (Lipinski definition) is 0. The molecule has 0 heteroatoms. The van der Waals surface area contributed by atoms with E-state index < -0.39 is 0 Å². The second-order valence-corrected chi connectivity index (χ2v) is 1.97. The molecule has 1 rings (SSSR count). The Kier molecular flexibility index (Phi) is 3.16. The maximum atomic E-state index is 3.03. The molecule has 1 aliphatic carbocycles. The minimum Gasteiger partial charge on any atom is -0.125 e. The summed E-state index contributed by atoms with van der Waals surface area (Å²) in [5, 5.41) is 0. The second-order valence-electron chi connectivity index (χ2n) is 1.97. The molecule has 0 radical (unpaired) electrons. The van der Waals surface area contributed by atoms with E-state index in [2.05, 4.69) is 11.8 Å². The Morgan fingerprint density at radius 1 is 0.900 bits per heavy atom. The van der Waals surface area contributed by atoms with Crippen molar-refractivity contribution in [2.24, 2.45) is 0 Å². The van der Waals surface area contributed by atoms with Crippen molar-refractivity contribution < 1.29 is 0 Å². The van der Waals surface area contributed by atoms with Gasteiger partial charge in [0.15, 0.2) is 0 Å². The van der Waals surface area contributed by atoms with Gasteiger partial charge in [0.05, 0.1) is 0 Å². The molecule has 0 atom stereocenters. The van der Waals surface area contributed by atoms with Crippen molar-refractivity contribution >= 4 is 0 Å². The van der Waals surface area contributed by atoms with Crippen LogP contribution in [-0.2, 0) is 0 Å². The maximum Gasteiger partial charge on any atom is -0.00898 e. The van der Waals surface area contributed by atoms with Crippen molar-refractivity contribution in [3.63, 3.8) is 0 Å². The smallest absolute Gasteiger partial charge is 0.00898 e. The number of hydrogen-bond donors (Lipinski definition) is 0. The summed E-state index contributed by atoms with van der Waals surface area (Å²) < 4.78 is 0. The summed E-state index contributed by atoms with van der Waals surface area (Å²) in [6.07, 6.45) is 17.0. The Morgan fingerprint density at radius 3 is 2.70 bits per heavy atom. The highest BCUT2D eigenvalue weighted by Crippen LogP contribution is 1.88. The predicted molar refractivity (Wildman–Crippen MR) is 44.7 cm³/mol. The van der Waals surface area contributed by atoms with Crippen LogP contribution in [0.15, 0.2) is 54.3 Å². The van der Waals surface area contributed by atoms with Crippen molar-refractivity contribution in [1.29, 1.82) is 0 Å². The molecule has 0 aliphatic heterocycles. The van der Waals surface area contributed by atoms with Gasteiger partial charge in [-0.1, -0.05) is 36.5 Å². The minimum atomic E-state index is 0.967. The van der Waals surface area contributed by atoms with Gasteiger partial charge in [0.25, 0.3) is 0 Å². The lowest BCUT2D eigenvalue weighted by Crippen LogP contribution is -1.57. The second kappa shape index (κ2) is 4.60. The molecule has 0 heterocycles. The third-order valence-electron chi connectivity index (χ3n) is 1.14. The zero-order valence-corrected chi connectivity index (χ0v) is 5.83. The van der Waals surface area contributed by atoms with Crippen molar-refractivity contribution in [1.82, 2.24) is 0 Å². The molecule has 0 amide bonds. The molecule has 0 bridgehead atoms. The monoisotopic (exact) mass is 130 g/mol. The van der Waals surface area contributed by atoms with E-state index in [9.17, 15) is 0 Å². The van der Waals surface area contributed by atoms with Crippen LogP contribution in [0.3, 0.4) is 0 Å². The molecule has 0 N–H and O–H groups in total. The van der Waals surface area contributed by atoms with E-state index in [4.69, 9.17) is 0 Å². The van der Waals surface area contributed by atoms with Crippen molar-refractivity contribution in [2.45, 2.75) is 6.42 Å². The largest absolute Gasteiger partial charge is 0.125 e. The van der Waals surface area contributed by atoms with Gasteiger partial charge < -0.3 is 0 Å². The molecule has 0 aromatic carbocycles. The Labute approximate surface area is 61.6 Å². The first-order chi connectivity index (χ1) is 5.00. The topological polar surface area (TPSA) is 0 Å². The highest BCUT2D eigenvalue weighted by molar-refractivity contribution is 5.17. The molecular weight excluding hydrogens is 120 g/mol. The van der Waals surface area contributed by atoms with Gasteiger partial charge in [0.2, 0.25) is 0 Å². The Bertz CT molecular complexity index is 220. The number of rotatable bonds is 0. The normalized spacial score (nSPS) is 16.0.